The van der Waals surface area contributed by atoms with Gasteiger partial charge in [-0.2, -0.15) is 0 Å². The molecule has 0 saturated heterocycles. The molecule has 0 radical (unpaired) electrons. The van der Waals surface area contributed by atoms with Gasteiger partial charge in [-0.15, -0.1) is 0 Å². The Bertz CT molecular complexity index is 814. The van der Waals surface area contributed by atoms with Gasteiger partial charge in [0.05, 0.1) is 0 Å². The highest BCUT2D eigenvalue weighted by atomic mass is 16.6. The van der Waals surface area contributed by atoms with Crippen LogP contribution < -0.4 is 0 Å². The van der Waals surface area contributed by atoms with Crippen LogP contribution >= 0.6 is 0 Å². The van der Waals surface area contributed by atoms with Gasteiger partial charge in [-0.1, -0.05) is 60.7 Å². The van der Waals surface area contributed by atoms with E-state index in [0.29, 0.717) is 0 Å². The average molecular weight is 405 g/mol. The Kier molecular flexibility index (Phi) is 6.03. The molecule has 0 N–H and O–H groups in total. The molecule has 0 heterocycles. The first-order valence-electron chi connectivity index (χ1n) is 10.9. The molecule has 4 rings (SSSR count). The average Bonchev–Trinajstić information content (AvgIpc) is 3.45. The molecule has 2 aromatic rings. The molecular weight excluding hydrogens is 376 g/mol. The Labute approximate surface area is 177 Å². The summed E-state index contributed by atoms with van der Waals surface area (Å²) in [6.45, 7) is 0. The van der Waals surface area contributed by atoms with E-state index in [4.69, 9.17) is 9.47 Å². The van der Waals surface area contributed by atoms with Crippen molar-refractivity contribution in [3.05, 3.63) is 83.9 Å². The first-order chi connectivity index (χ1) is 14.6. The summed E-state index contributed by atoms with van der Waals surface area (Å²) in [5, 5.41) is 0. The Balaban J connectivity index is 1.43. The standard InChI is InChI=1S/C26H28O4/c27-23(29-25(17-7-8-18-25)21-11-3-1-4-12-21)15-16-24(28)30-26(19-9-10-20-26)22-13-5-2-6-14-22/h1-6,11-16H,7-10,17-20H2/b16-15+. The van der Waals surface area contributed by atoms with Crippen LogP contribution in [0, 0.1) is 0 Å². The van der Waals surface area contributed by atoms with Gasteiger partial charge in [-0.05, 0) is 62.5 Å². The summed E-state index contributed by atoms with van der Waals surface area (Å²) in [5.41, 5.74) is 0.841. The van der Waals surface area contributed by atoms with E-state index in [1.807, 2.05) is 60.7 Å². The number of hydrogen-bond donors (Lipinski definition) is 0. The van der Waals surface area contributed by atoms with Crippen LogP contribution in [0.15, 0.2) is 72.8 Å². The van der Waals surface area contributed by atoms with Crippen molar-refractivity contribution in [2.24, 2.45) is 0 Å². The lowest BCUT2D eigenvalue weighted by Gasteiger charge is -2.29. The fourth-order valence-corrected chi connectivity index (χ4v) is 4.86. The maximum absolute atomic E-state index is 12.6. The molecule has 0 unspecified atom stereocenters. The van der Waals surface area contributed by atoms with Crippen LogP contribution in [0.3, 0.4) is 0 Å². The van der Waals surface area contributed by atoms with E-state index < -0.39 is 23.1 Å². The van der Waals surface area contributed by atoms with Gasteiger partial charge in [0.2, 0.25) is 0 Å². The topological polar surface area (TPSA) is 52.6 Å². The second-order valence-corrected chi connectivity index (χ2v) is 8.31. The van der Waals surface area contributed by atoms with E-state index in [1.54, 1.807) is 0 Å². The summed E-state index contributed by atoms with van der Waals surface area (Å²) in [7, 11) is 0. The summed E-state index contributed by atoms with van der Waals surface area (Å²) < 4.78 is 11.8. The molecule has 4 heteroatoms. The zero-order valence-corrected chi connectivity index (χ0v) is 17.2. The van der Waals surface area contributed by atoms with Gasteiger partial charge in [0.25, 0.3) is 0 Å². The van der Waals surface area contributed by atoms with Crippen molar-refractivity contribution in [2.75, 3.05) is 0 Å². The van der Waals surface area contributed by atoms with Crippen LogP contribution in [0.1, 0.15) is 62.5 Å². The zero-order chi connectivity index (χ0) is 20.9. The first-order valence-corrected chi connectivity index (χ1v) is 10.9. The van der Waals surface area contributed by atoms with Crippen LogP contribution in [0.4, 0.5) is 0 Å². The molecule has 2 aliphatic carbocycles. The van der Waals surface area contributed by atoms with Gasteiger partial charge in [0, 0.05) is 12.2 Å². The molecule has 0 aliphatic heterocycles. The summed E-state index contributed by atoms with van der Waals surface area (Å²) in [6.07, 6.45) is 9.71. The van der Waals surface area contributed by atoms with E-state index in [9.17, 15) is 9.59 Å². The lowest BCUT2D eigenvalue weighted by molar-refractivity contribution is -0.157. The van der Waals surface area contributed by atoms with Crippen molar-refractivity contribution in [1.82, 2.24) is 0 Å². The van der Waals surface area contributed by atoms with Crippen molar-refractivity contribution in [2.45, 2.75) is 62.6 Å². The van der Waals surface area contributed by atoms with Crippen LogP contribution in [0.5, 0.6) is 0 Å². The summed E-state index contributed by atoms with van der Waals surface area (Å²) in [6, 6.07) is 19.7. The lowest BCUT2D eigenvalue weighted by Crippen LogP contribution is -2.29. The summed E-state index contributed by atoms with van der Waals surface area (Å²) in [5.74, 6) is -1.00. The van der Waals surface area contributed by atoms with Crippen molar-refractivity contribution >= 4 is 11.9 Å². The van der Waals surface area contributed by atoms with Crippen LogP contribution in [0.2, 0.25) is 0 Å². The minimum Gasteiger partial charge on any atom is -0.451 e. The molecule has 0 atom stereocenters. The van der Waals surface area contributed by atoms with Crippen molar-refractivity contribution in [3.8, 4) is 0 Å². The summed E-state index contributed by atoms with van der Waals surface area (Å²) in [4.78, 5) is 25.1. The van der Waals surface area contributed by atoms with Crippen LogP contribution in [-0.2, 0) is 30.3 Å². The van der Waals surface area contributed by atoms with Crippen molar-refractivity contribution in [3.63, 3.8) is 0 Å². The third-order valence-electron chi connectivity index (χ3n) is 6.37. The zero-order valence-electron chi connectivity index (χ0n) is 17.2. The normalized spacial score (nSPS) is 19.6. The lowest BCUT2D eigenvalue weighted by atomic mass is 9.92. The van der Waals surface area contributed by atoms with E-state index in [2.05, 4.69) is 0 Å². The van der Waals surface area contributed by atoms with Gasteiger partial charge in [0.15, 0.2) is 0 Å². The van der Waals surface area contributed by atoms with E-state index in [0.717, 1.165) is 62.5 Å². The molecule has 156 valence electrons. The fraction of sp³-hybridized carbons (Fsp3) is 0.385. The fourth-order valence-electron chi connectivity index (χ4n) is 4.86. The number of carbonyl (C=O) groups is 2. The third kappa shape index (κ3) is 4.33. The maximum atomic E-state index is 12.6. The molecule has 0 bridgehead atoms. The Morgan fingerprint density at radius 1 is 0.600 bits per heavy atom. The molecule has 0 aromatic heterocycles. The molecule has 2 aromatic carbocycles. The SMILES string of the molecule is O=C(/C=C/C(=O)OC1(c2ccccc2)CCCC1)OC1(c2ccccc2)CCCC1. The highest BCUT2D eigenvalue weighted by Crippen LogP contribution is 2.43. The molecule has 2 fully saturated rings. The minimum absolute atomic E-state index is 0.502. The highest BCUT2D eigenvalue weighted by molar-refractivity contribution is 5.92. The smallest absolute Gasteiger partial charge is 0.331 e. The second kappa shape index (κ2) is 8.86. The third-order valence-corrected chi connectivity index (χ3v) is 6.37. The number of hydrogen-bond acceptors (Lipinski definition) is 4. The van der Waals surface area contributed by atoms with Crippen molar-refractivity contribution < 1.29 is 19.1 Å². The van der Waals surface area contributed by atoms with E-state index in [-0.39, 0.29) is 0 Å². The number of rotatable bonds is 6. The molecule has 30 heavy (non-hydrogen) atoms. The minimum atomic E-state index is -0.594. The van der Waals surface area contributed by atoms with Crippen LogP contribution in [-0.4, -0.2) is 11.9 Å². The Hall–Kier alpha value is -2.88. The molecular formula is C26H28O4. The predicted octanol–water partition coefficient (Wildman–Crippen LogP) is 5.57. The Morgan fingerprint density at radius 2 is 0.933 bits per heavy atom. The second-order valence-electron chi connectivity index (χ2n) is 8.31. The van der Waals surface area contributed by atoms with E-state index in [1.165, 1.54) is 12.2 Å². The number of carbonyl (C=O) groups excluding carboxylic acids is 2. The van der Waals surface area contributed by atoms with Gasteiger partial charge < -0.3 is 9.47 Å². The van der Waals surface area contributed by atoms with Crippen molar-refractivity contribution in [1.29, 1.82) is 0 Å². The molecule has 2 saturated carbocycles. The van der Waals surface area contributed by atoms with Gasteiger partial charge in [0.1, 0.15) is 11.2 Å². The number of ether oxygens (including phenoxy) is 2. The molecule has 0 amide bonds. The quantitative estimate of drug-likeness (QED) is 0.467. The number of benzene rings is 2. The van der Waals surface area contributed by atoms with Crippen LogP contribution in [0.25, 0.3) is 0 Å². The predicted molar refractivity (Wildman–Crippen MR) is 115 cm³/mol. The first kappa shape index (κ1) is 20.4. The summed E-state index contributed by atoms with van der Waals surface area (Å²) >= 11 is 0. The van der Waals surface area contributed by atoms with Gasteiger partial charge in [-0.3, -0.25) is 0 Å². The maximum Gasteiger partial charge on any atom is 0.331 e. The molecule has 0 spiro atoms. The largest absolute Gasteiger partial charge is 0.451 e. The number of esters is 2. The van der Waals surface area contributed by atoms with Gasteiger partial charge in [-0.25, -0.2) is 9.59 Å². The monoisotopic (exact) mass is 404 g/mol. The molecule has 4 nitrogen and oxygen atoms in total. The van der Waals surface area contributed by atoms with E-state index >= 15 is 0 Å². The van der Waals surface area contributed by atoms with Gasteiger partial charge >= 0.3 is 11.9 Å². The Morgan fingerprint density at radius 3 is 1.27 bits per heavy atom. The highest BCUT2D eigenvalue weighted by Gasteiger charge is 2.40. The molecule has 2 aliphatic rings.